The van der Waals surface area contributed by atoms with Gasteiger partial charge in [-0.2, -0.15) is 0 Å². The Kier molecular flexibility index (Phi) is 5.94. The minimum Gasteiger partial charge on any atom is -0.379 e. The van der Waals surface area contributed by atoms with Gasteiger partial charge in [0.25, 0.3) is 0 Å². The van der Waals surface area contributed by atoms with E-state index in [1.165, 1.54) is 11.1 Å². The predicted octanol–water partition coefficient (Wildman–Crippen LogP) is 1.05. The van der Waals surface area contributed by atoms with E-state index < -0.39 is 5.41 Å². The molecule has 2 amide bonds. The summed E-state index contributed by atoms with van der Waals surface area (Å²) in [6.07, 6.45) is 0.844. The Hall–Kier alpha value is -1.92. The van der Waals surface area contributed by atoms with Crippen molar-refractivity contribution in [1.82, 2.24) is 15.1 Å². The molecule has 0 aromatic heterocycles. The first-order valence-corrected chi connectivity index (χ1v) is 9.43. The van der Waals surface area contributed by atoms with E-state index in [1.54, 1.807) is 13.8 Å². The first-order chi connectivity index (χ1) is 12.5. The molecule has 0 atom stereocenters. The van der Waals surface area contributed by atoms with Gasteiger partial charge in [0.15, 0.2) is 0 Å². The summed E-state index contributed by atoms with van der Waals surface area (Å²) in [6, 6.07) is 8.20. The minimum absolute atomic E-state index is 0.101. The lowest BCUT2D eigenvalue weighted by Gasteiger charge is -2.34. The third kappa shape index (κ3) is 4.24. The van der Waals surface area contributed by atoms with Gasteiger partial charge in [0, 0.05) is 39.3 Å². The SMILES string of the molecule is CC(C)(C(=O)NCCN1CCOCC1)C(=O)N1CCc2ccccc2C1. The number of hydrogen-bond donors (Lipinski definition) is 1. The maximum atomic E-state index is 13.0. The fraction of sp³-hybridized carbons (Fsp3) is 0.600. The van der Waals surface area contributed by atoms with E-state index in [2.05, 4.69) is 22.3 Å². The van der Waals surface area contributed by atoms with E-state index in [1.807, 2.05) is 17.0 Å². The summed E-state index contributed by atoms with van der Waals surface area (Å²) in [5.74, 6) is -0.300. The quantitative estimate of drug-likeness (QED) is 0.798. The van der Waals surface area contributed by atoms with Crippen LogP contribution in [0.1, 0.15) is 25.0 Å². The van der Waals surface area contributed by atoms with Crippen molar-refractivity contribution in [3.05, 3.63) is 35.4 Å². The van der Waals surface area contributed by atoms with Crippen molar-refractivity contribution in [2.24, 2.45) is 5.41 Å². The minimum atomic E-state index is -1.06. The fourth-order valence-corrected chi connectivity index (χ4v) is 3.53. The molecule has 1 N–H and O–H groups in total. The maximum Gasteiger partial charge on any atom is 0.238 e. The molecular weight excluding hydrogens is 330 g/mol. The third-order valence-electron chi connectivity index (χ3n) is 5.34. The Balaban J connectivity index is 1.53. The van der Waals surface area contributed by atoms with Crippen LogP contribution in [0.2, 0.25) is 0 Å². The van der Waals surface area contributed by atoms with Gasteiger partial charge in [0.2, 0.25) is 11.8 Å². The number of ether oxygens (including phenoxy) is 1. The molecule has 0 bridgehead atoms. The van der Waals surface area contributed by atoms with Crippen molar-refractivity contribution in [1.29, 1.82) is 0 Å². The van der Waals surface area contributed by atoms with Gasteiger partial charge in [-0.25, -0.2) is 0 Å². The number of fused-ring (bicyclic) bond motifs is 1. The Morgan fingerprint density at radius 1 is 1.12 bits per heavy atom. The molecule has 3 rings (SSSR count). The maximum absolute atomic E-state index is 13.0. The molecule has 0 unspecified atom stereocenters. The van der Waals surface area contributed by atoms with Crippen LogP contribution >= 0.6 is 0 Å². The van der Waals surface area contributed by atoms with Crippen molar-refractivity contribution in [3.63, 3.8) is 0 Å². The number of morpholine rings is 1. The first kappa shape index (κ1) is 18.9. The van der Waals surface area contributed by atoms with Crippen LogP contribution in [0.15, 0.2) is 24.3 Å². The number of amides is 2. The average molecular weight is 359 g/mol. The zero-order valence-corrected chi connectivity index (χ0v) is 15.8. The van der Waals surface area contributed by atoms with E-state index in [0.29, 0.717) is 19.6 Å². The van der Waals surface area contributed by atoms with Gasteiger partial charge in [0.1, 0.15) is 5.41 Å². The third-order valence-corrected chi connectivity index (χ3v) is 5.34. The van der Waals surface area contributed by atoms with Crippen LogP contribution in [0.3, 0.4) is 0 Å². The van der Waals surface area contributed by atoms with Gasteiger partial charge in [-0.15, -0.1) is 0 Å². The van der Waals surface area contributed by atoms with Crippen molar-refractivity contribution < 1.29 is 14.3 Å². The highest BCUT2D eigenvalue weighted by Gasteiger charge is 2.39. The molecule has 1 aromatic rings. The number of carbonyl (C=O) groups excluding carboxylic acids is 2. The van der Waals surface area contributed by atoms with E-state index in [4.69, 9.17) is 4.74 Å². The second kappa shape index (κ2) is 8.18. The highest BCUT2D eigenvalue weighted by atomic mass is 16.5. The molecule has 2 aliphatic rings. The van der Waals surface area contributed by atoms with Crippen LogP contribution in [0, 0.1) is 5.41 Å². The monoisotopic (exact) mass is 359 g/mol. The van der Waals surface area contributed by atoms with E-state index >= 15 is 0 Å². The molecule has 0 spiro atoms. The Bertz CT molecular complexity index is 653. The fourth-order valence-electron chi connectivity index (χ4n) is 3.53. The van der Waals surface area contributed by atoms with Crippen LogP contribution < -0.4 is 5.32 Å². The van der Waals surface area contributed by atoms with Crippen molar-refractivity contribution >= 4 is 11.8 Å². The topological polar surface area (TPSA) is 61.9 Å². The highest BCUT2D eigenvalue weighted by Crippen LogP contribution is 2.25. The summed E-state index contributed by atoms with van der Waals surface area (Å²) in [4.78, 5) is 29.7. The van der Waals surface area contributed by atoms with Gasteiger partial charge >= 0.3 is 0 Å². The summed E-state index contributed by atoms with van der Waals surface area (Å²) >= 11 is 0. The lowest BCUT2D eigenvalue weighted by molar-refractivity contribution is -0.149. The Morgan fingerprint density at radius 3 is 2.54 bits per heavy atom. The molecule has 2 heterocycles. The second-order valence-corrected chi connectivity index (χ2v) is 7.58. The van der Waals surface area contributed by atoms with Crippen molar-refractivity contribution in [3.8, 4) is 0 Å². The summed E-state index contributed by atoms with van der Waals surface area (Å²) in [5.41, 5.74) is 1.41. The lowest BCUT2D eigenvalue weighted by atomic mass is 9.88. The smallest absolute Gasteiger partial charge is 0.238 e. The number of rotatable bonds is 5. The molecule has 6 nitrogen and oxygen atoms in total. The summed E-state index contributed by atoms with van der Waals surface area (Å²) in [6.45, 7) is 9.31. The van der Waals surface area contributed by atoms with Crippen LogP contribution in [-0.2, 0) is 27.3 Å². The van der Waals surface area contributed by atoms with Gasteiger partial charge in [-0.3, -0.25) is 14.5 Å². The van der Waals surface area contributed by atoms with Crippen LogP contribution in [0.5, 0.6) is 0 Å². The molecule has 0 radical (unpaired) electrons. The van der Waals surface area contributed by atoms with Crippen molar-refractivity contribution in [2.75, 3.05) is 45.9 Å². The normalized spacial score (nSPS) is 18.3. The molecular formula is C20H29N3O3. The number of benzene rings is 1. The Morgan fingerprint density at radius 2 is 1.81 bits per heavy atom. The van der Waals surface area contributed by atoms with E-state index in [-0.39, 0.29) is 11.8 Å². The van der Waals surface area contributed by atoms with Gasteiger partial charge in [-0.1, -0.05) is 24.3 Å². The van der Waals surface area contributed by atoms with Gasteiger partial charge < -0.3 is 15.0 Å². The molecule has 0 aliphatic carbocycles. The number of nitrogens with zero attached hydrogens (tertiary/aromatic N) is 2. The number of nitrogens with one attached hydrogen (secondary N) is 1. The van der Waals surface area contributed by atoms with E-state index in [0.717, 1.165) is 39.3 Å². The zero-order valence-electron chi connectivity index (χ0n) is 15.8. The summed E-state index contributed by atoms with van der Waals surface area (Å²) in [5, 5.41) is 2.94. The molecule has 1 aromatic carbocycles. The molecule has 1 fully saturated rings. The largest absolute Gasteiger partial charge is 0.379 e. The molecule has 6 heteroatoms. The first-order valence-electron chi connectivity index (χ1n) is 9.43. The van der Waals surface area contributed by atoms with E-state index in [9.17, 15) is 9.59 Å². The van der Waals surface area contributed by atoms with Crippen LogP contribution in [0.4, 0.5) is 0 Å². The predicted molar refractivity (Wildman–Crippen MR) is 99.6 cm³/mol. The second-order valence-electron chi connectivity index (χ2n) is 7.58. The standard InChI is InChI=1S/C20H29N3O3/c1-20(2,18(24)21-8-10-22-11-13-26-14-12-22)19(25)23-9-7-16-5-3-4-6-17(16)15-23/h3-6H,7-15H2,1-2H3,(H,21,24). The molecule has 142 valence electrons. The molecule has 1 saturated heterocycles. The number of carbonyl (C=O) groups is 2. The van der Waals surface area contributed by atoms with Gasteiger partial charge in [0.05, 0.1) is 13.2 Å². The van der Waals surface area contributed by atoms with Crippen molar-refractivity contribution in [2.45, 2.75) is 26.8 Å². The molecule has 0 saturated carbocycles. The average Bonchev–Trinajstić information content (AvgIpc) is 2.67. The summed E-state index contributed by atoms with van der Waals surface area (Å²) < 4.78 is 5.33. The van der Waals surface area contributed by atoms with Crippen LogP contribution in [0.25, 0.3) is 0 Å². The highest BCUT2D eigenvalue weighted by molar-refractivity contribution is 6.04. The molecule has 2 aliphatic heterocycles. The lowest BCUT2D eigenvalue weighted by Crippen LogP contribution is -2.51. The molecule has 26 heavy (non-hydrogen) atoms. The van der Waals surface area contributed by atoms with Crippen LogP contribution in [-0.4, -0.2) is 67.6 Å². The van der Waals surface area contributed by atoms with Gasteiger partial charge in [-0.05, 0) is 31.4 Å². The number of hydrogen-bond acceptors (Lipinski definition) is 4. The zero-order chi connectivity index (χ0) is 18.6. The summed E-state index contributed by atoms with van der Waals surface area (Å²) in [7, 11) is 0. The Labute approximate surface area is 155 Å².